The minimum absolute atomic E-state index is 0. The van der Waals surface area contributed by atoms with Crippen LogP contribution in [0.2, 0.25) is 0 Å². The van der Waals surface area contributed by atoms with Gasteiger partial charge in [-0.2, -0.15) is 0 Å². The van der Waals surface area contributed by atoms with Crippen LogP contribution in [0.5, 0.6) is 0 Å². The van der Waals surface area contributed by atoms with Crippen molar-refractivity contribution in [3.63, 3.8) is 0 Å². The maximum Gasteiger partial charge on any atom is 0.228 e. The Morgan fingerprint density at radius 3 is 3.10 bits per heavy atom. The Morgan fingerprint density at radius 1 is 1.50 bits per heavy atom. The van der Waals surface area contributed by atoms with E-state index in [2.05, 4.69) is 15.6 Å². The molecule has 1 amide bonds. The maximum atomic E-state index is 12.5. The number of thiazole rings is 1. The van der Waals surface area contributed by atoms with Crippen LogP contribution < -0.4 is 10.6 Å². The van der Waals surface area contributed by atoms with E-state index in [1.54, 1.807) is 17.5 Å². The molecule has 4 nitrogen and oxygen atoms in total. The van der Waals surface area contributed by atoms with Gasteiger partial charge in [0.15, 0.2) is 0 Å². The molecule has 1 saturated carbocycles. The van der Waals surface area contributed by atoms with Crippen molar-refractivity contribution >= 4 is 42.1 Å². The maximum absolute atomic E-state index is 12.5. The molecule has 1 aromatic rings. The summed E-state index contributed by atoms with van der Waals surface area (Å²) in [5, 5.41) is 9.42. The number of fused-ring (bicyclic) bond motifs is 1. The number of hydrogen-bond donors (Lipinski definition) is 2. The highest BCUT2D eigenvalue weighted by Gasteiger charge is 2.49. The van der Waals surface area contributed by atoms with Gasteiger partial charge in [0.2, 0.25) is 5.91 Å². The van der Waals surface area contributed by atoms with E-state index in [4.69, 9.17) is 0 Å². The lowest BCUT2D eigenvalue weighted by atomic mass is 9.67. The first kappa shape index (κ1) is 17.7. The van der Waals surface area contributed by atoms with Gasteiger partial charge in [0, 0.05) is 18.1 Å². The molecule has 1 saturated heterocycles. The fraction of sp³-hybridized carbons (Fsp3) is 0.692. The summed E-state index contributed by atoms with van der Waals surface area (Å²) in [6.07, 6.45) is 6.47. The fourth-order valence-corrected chi connectivity index (χ4v) is 3.92. The Balaban J connectivity index is 0.000001000. The van der Waals surface area contributed by atoms with Crippen molar-refractivity contribution < 1.29 is 4.79 Å². The Hall–Kier alpha value is -0.360. The van der Waals surface area contributed by atoms with E-state index in [1.807, 2.05) is 5.38 Å². The Bertz CT molecular complexity index is 429. The molecule has 2 N–H and O–H groups in total. The van der Waals surface area contributed by atoms with Crippen LogP contribution in [0.1, 0.15) is 30.7 Å². The first-order valence-corrected chi connectivity index (χ1v) is 7.57. The summed E-state index contributed by atoms with van der Waals surface area (Å²) in [6, 6.07) is 0. The summed E-state index contributed by atoms with van der Waals surface area (Å²) < 4.78 is 0. The zero-order valence-corrected chi connectivity index (χ0v) is 13.7. The lowest BCUT2D eigenvalue weighted by Crippen LogP contribution is -2.47. The van der Waals surface area contributed by atoms with Gasteiger partial charge in [-0.05, 0) is 25.3 Å². The van der Waals surface area contributed by atoms with Crippen molar-refractivity contribution in [2.45, 2.75) is 32.2 Å². The van der Waals surface area contributed by atoms with E-state index in [0.29, 0.717) is 12.5 Å². The van der Waals surface area contributed by atoms with Gasteiger partial charge in [0.1, 0.15) is 5.01 Å². The minimum atomic E-state index is -0.143. The molecular weight excluding hydrogens is 317 g/mol. The highest BCUT2D eigenvalue weighted by atomic mass is 35.5. The van der Waals surface area contributed by atoms with E-state index in [-0.39, 0.29) is 36.1 Å². The third-order valence-corrected chi connectivity index (χ3v) is 5.15. The average Bonchev–Trinajstić information content (AvgIpc) is 3.05. The molecule has 0 bridgehead atoms. The number of nitrogens with zero attached hydrogens (tertiary/aromatic N) is 1. The van der Waals surface area contributed by atoms with Gasteiger partial charge < -0.3 is 10.6 Å². The largest absolute Gasteiger partial charge is 0.349 e. The topological polar surface area (TPSA) is 54.0 Å². The van der Waals surface area contributed by atoms with Crippen LogP contribution in [-0.2, 0) is 11.3 Å². The van der Waals surface area contributed by atoms with Crippen molar-refractivity contribution in [1.82, 2.24) is 15.6 Å². The number of amides is 1. The predicted octanol–water partition coefficient (Wildman–Crippen LogP) is 2.38. The summed E-state index contributed by atoms with van der Waals surface area (Å²) in [5.74, 6) is 0.759. The van der Waals surface area contributed by atoms with E-state index in [0.717, 1.165) is 24.5 Å². The van der Waals surface area contributed by atoms with E-state index in [9.17, 15) is 4.79 Å². The molecule has 0 unspecified atom stereocenters. The predicted molar refractivity (Wildman–Crippen MR) is 85.7 cm³/mol. The molecule has 0 aromatic carbocycles. The highest BCUT2D eigenvalue weighted by molar-refractivity contribution is 7.09. The number of halogens is 2. The summed E-state index contributed by atoms with van der Waals surface area (Å²) in [5.41, 5.74) is -0.143. The van der Waals surface area contributed by atoms with Crippen LogP contribution >= 0.6 is 36.2 Å². The number of carbonyl (C=O) groups excluding carboxylic acids is 1. The van der Waals surface area contributed by atoms with Crippen LogP contribution in [0.25, 0.3) is 0 Å². The molecule has 2 fully saturated rings. The molecular formula is C13H21Cl2N3OS. The lowest BCUT2D eigenvalue weighted by molar-refractivity contribution is -0.134. The molecule has 2 aliphatic rings. The standard InChI is InChI=1S/C13H19N3OS.2ClH/c17-12(16-8-11-15-5-6-18-11)13-4-2-1-3-10(13)7-14-9-13;;/h5-6,10,14H,1-4,7-9H2,(H,16,17);2*1H/t10-,13+;;/m0../s1. The first-order chi connectivity index (χ1) is 8.81. The van der Waals surface area contributed by atoms with Gasteiger partial charge in [0.25, 0.3) is 0 Å². The van der Waals surface area contributed by atoms with Crippen LogP contribution in [0.3, 0.4) is 0 Å². The first-order valence-electron chi connectivity index (χ1n) is 6.69. The SMILES string of the molecule is Cl.Cl.O=C(NCc1nccs1)[C@@]12CCCC[C@H]1CNC2. The smallest absolute Gasteiger partial charge is 0.228 e. The number of nitrogens with one attached hydrogen (secondary N) is 2. The monoisotopic (exact) mass is 337 g/mol. The third-order valence-electron chi connectivity index (χ3n) is 4.37. The second-order valence-corrected chi connectivity index (χ2v) is 6.32. The van der Waals surface area contributed by atoms with Gasteiger partial charge in [-0.15, -0.1) is 36.2 Å². The summed E-state index contributed by atoms with van der Waals surface area (Å²) in [6.45, 7) is 2.43. The van der Waals surface area contributed by atoms with Gasteiger partial charge >= 0.3 is 0 Å². The number of carbonyl (C=O) groups is 1. The van der Waals surface area contributed by atoms with Crippen LogP contribution in [0.4, 0.5) is 0 Å². The third kappa shape index (κ3) is 3.27. The molecule has 1 aliphatic carbocycles. The van der Waals surface area contributed by atoms with Gasteiger partial charge in [0.05, 0.1) is 12.0 Å². The number of rotatable bonds is 3. The zero-order valence-electron chi connectivity index (χ0n) is 11.3. The Morgan fingerprint density at radius 2 is 2.35 bits per heavy atom. The molecule has 114 valence electrons. The number of aromatic nitrogens is 1. The van der Waals surface area contributed by atoms with E-state index >= 15 is 0 Å². The van der Waals surface area contributed by atoms with Crippen molar-refractivity contribution in [3.8, 4) is 0 Å². The summed E-state index contributed by atoms with van der Waals surface area (Å²) in [4.78, 5) is 16.7. The van der Waals surface area contributed by atoms with Crippen LogP contribution in [0.15, 0.2) is 11.6 Å². The fourth-order valence-electron chi connectivity index (χ4n) is 3.36. The molecule has 0 radical (unpaired) electrons. The lowest BCUT2D eigenvalue weighted by Gasteiger charge is -2.37. The highest BCUT2D eigenvalue weighted by Crippen LogP contribution is 2.43. The van der Waals surface area contributed by atoms with Crippen LogP contribution in [0, 0.1) is 11.3 Å². The normalized spacial score (nSPS) is 27.9. The van der Waals surface area contributed by atoms with Crippen molar-refractivity contribution in [1.29, 1.82) is 0 Å². The molecule has 2 heterocycles. The van der Waals surface area contributed by atoms with E-state index in [1.165, 1.54) is 19.3 Å². The van der Waals surface area contributed by atoms with Gasteiger partial charge in [-0.1, -0.05) is 12.8 Å². The molecule has 3 rings (SSSR count). The number of hydrogen-bond acceptors (Lipinski definition) is 4. The Kier molecular flexibility index (Phi) is 6.72. The molecule has 2 atom stereocenters. The van der Waals surface area contributed by atoms with Crippen molar-refractivity contribution in [2.75, 3.05) is 13.1 Å². The molecule has 1 aliphatic heterocycles. The minimum Gasteiger partial charge on any atom is -0.349 e. The van der Waals surface area contributed by atoms with Gasteiger partial charge in [-0.25, -0.2) is 4.98 Å². The van der Waals surface area contributed by atoms with Crippen molar-refractivity contribution in [3.05, 3.63) is 16.6 Å². The zero-order chi connectivity index (χ0) is 12.4. The van der Waals surface area contributed by atoms with Crippen LogP contribution in [-0.4, -0.2) is 24.0 Å². The van der Waals surface area contributed by atoms with Gasteiger partial charge in [-0.3, -0.25) is 4.79 Å². The quantitative estimate of drug-likeness (QED) is 0.890. The summed E-state index contributed by atoms with van der Waals surface area (Å²) >= 11 is 1.59. The van der Waals surface area contributed by atoms with Crippen molar-refractivity contribution in [2.24, 2.45) is 11.3 Å². The molecule has 7 heteroatoms. The molecule has 0 spiro atoms. The Labute approximate surface area is 135 Å². The van der Waals surface area contributed by atoms with E-state index < -0.39 is 0 Å². The second kappa shape index (κ2) is 7.59. The average molecular weight is 338 g/mol. The summed E-state index contributed by atoms with van der Waals surface area (Å²) in [7, 11) is 0. The molecule has 20 heavy (non-hydrogen) atoms. The second-order valence-electron chi connectivity index (χ2n) is 5.34. The molecule has 1 aromatic heterocycles.